The zero-order chi connectivity index (χ0) is 23.0. The van der Waals surface area contributed by atoms with Gasteiger partial charge in [-0.15, -0.1) is 17.5 Å². The van der Waals surface area contributed by atoms with Gasteiger partial charge in [-0.3, -0.25) is 4.68 Å². The number of allylic oxidation sites excluding steroid dienone is 5. The van der Waals surface area contributed by atoms with Crippen molar-refractivity contribution in [2.24, 2.45) is 11.8 Å². The summed E-state index contributed by atoms with van der Waals surface area (Å²) in [5.74, 6) is 1.62. The Morgan fingerprint density at radius 2 is 1.88 bits per heavy atom. The Morgan fingerprint density at radius 1 is 1.12 bits per heavy atom. The zero-order valence-electron chi connectivity index (χ0n) is 20.4. The van der Waals surface area contributed by atoms with Crippen LogP contribution in [0.4, 0.5) is 0 Å². The molecule has 174 valence electrons. The van der Waals surface area contributed by atoms with Crippen molar-refractivity contribution in [2.45, 2.75) is 76.3 Å². The van der Waals surface area contributed by atoms with Crippen molar-refractivity contribution in [2.75, 3.05) is 6.26 Å². The summed E-state index contributed by atoms with van der Waals surface area (Å²) < 4.78 is 2.33. The molecule has 1 saturated carbocycles. The second-order valence-electron chi connectivity index (χ2n) is 9.66. The summed E-state index contributed by atoms with van der Waals surface area (Å²) in [6, 6.07) is 10.7. The molecule has 0 N–H and O–H groups in total. The fraction of sp³-hybridized carbons (Fsp3) is 0.467. The maximum absolute atomic E-state index is 5.22. The van der Waals surface area contributed by atoms with Gasteiger partial charge in [0, 0.05) is 17.7 Å². The lowest BCUT2D eigenvalue weighted by molar-refractivity contribution is 0.231. The van der Waals surface area contributed by atoms with E-state index < -0.39 is 0 Å². The minimum Gasteiger partial charge on any atom is -0.258 e. The standard InChI is InChI=1S/C30H38N2S/c1-4-23(2)12-11-13-24-18-20-25(21-19-24)22-32-30(33-3)28(26-14-7-5-8-15-26)29(31-32)27-16-9-6-10-17-27/h6-7,9-10,14-17,24-25H,1,5,8,11-13,18-22H2,2-3H3. The summed E-state index contributed by atoms with van der Waals surface area (Å²) >= 11 is 1.85. The highest BCUT2D eigenvalue weighted by molar-refractivity contribution is 7.98. The number of benzene rings is 1. The topological polar surface area (TPSA) is 17.8 Å². The van der Waals surface area contributed by atoms with Crippen molar-refractivity contribution < 1.29 is 0 Å². The molecule has 0 aliphatic heterocycles. The second-order valence-corrected chi connectivity index (χ2v) is 10.5. The van der Waals surface area contributed by atoms with Crippen molar-refractivity contribution in [3.8, 4) is 11.3 Å². The average Bonchev–Trinajstić information content (AvgIpc) is 3.24. The van der Waals surface area contributed by atoms with E-state index in [9.17, 15) is 0 Å². The molecule has 1 aromatic carbocycles. The molecule has 1 fully saturated rings. The number of hydrogen-bond acceptors (Lipinski definition) is 2. The molecular formula is C30H38N2S. The van der Waals surface area contributed by atoms with Gasteiger partial charge in [0.15, 0.2) is 0 Å². The van der Waals surface area contributed by atoms with Crippen LogP contribution >= 0.6 is 11.8 Å². The fourth-order valence-electron chi connectivity index (χ4n) is 5.33. The molecule has 0 radical (unpaired) electrons. The summed E-state index contributed by atoms with van der Waals surface area (Å²) in [7, 11) is 0. The van der Waals surface area contributed by atoms with E-state index in [0.717, 1.165) is 43.3 Å². The Labute approximate surface area is 204 Å². The van der Waals surface area contributed by atoms with Gasteiger partial charge in [-0.05, 0) is 74.7 Å². The van der Waals surface area contributed by atoms with Crippen LogP contribution in [0.15, 0.2) is 71.5 Å². The van der Waals surface area contributed by atoms with Crippen molar-refractivity contribution in [1.82, 2.24) is 9.78 Å². The zero-order valence-corrected chi connectivity index (χ0v) is 21.2. The van der Waals surface area contributed by atoms with Crippen LogP contribution < -0.4 is 0 Å². The predicted octanol–water partition coefficient (Wildman–Crippen LogP) is 8.71. The maximum atomic E-state index is 5.22. The molecule has 2 nitrogen and oxygen atoms in total. The van der Waals surface area contributed by atoms with Crippen LogP contribution in [0.5, 0.6) is 0 Å². The van der Waals surface area contributed by atoms with E-state index in [1.54, 1.807) is 0 Å². The summed E-state index contributed by atoms with van der Waals surface area (Å²) in [5.41, 5.74) is 9.35. The lowest BCUT2D eigenvalue weighted by atomic mass is 9.79. The molecule has 33 heavy (non-hydrogen) atoms. The number of nitrogens with zero attached hydrogens (tertiary/aromatic N) is 2. The van der Waals surface area contributed by atoms with Gasteiger partial charge < -0.3 is 0 Å². The number of rotatable bonds is 9. The van der Waals surface area contributed by atoms with Crippen LogP contribution in [0.25, 0.3) is 16.8 Å². The third-order valence-corrected chi connectivity index (χ3v) is 8.10. The first-order valence-electron chi connectivity index (χ1n) is 12.6. The third kappa shape index (κ3) is 6.02. The number of thioether (sulfide) groups is 1. The van der Waals surface area contributed by atoms with Gasteiger partial charge >= 0.3 is 0 Å². The quantitative estimate of drug-likeness (QED) is 0.276. The monoisotopic (exact) mass is 458 g/mol. The Bertz CT molecular complexity index is 1030. The fourth-order valence-corrected chi connectivity index (χ4v) is 6.07. The van der Waals surface area contributed by atoms with Gasteiger partial charge in [-0.1, -0.05) is 74.4 Å². The lowest BCUT2D eigenvalue weighted by Crippen LogP contribution is -2.20. The highest BCUT2D eigenvalue weighted by Crippen LogP contribution is 2.39. The van der Waals surface area contributed by atoms with Gasteiger partial charge in [0.1, 0.15) is 10.7 Å². The Balaban J connectivity index is 1.49. The molecule has 1 aromatic heterocycles. The van der Waals surface area contributed by atoms with Crippen LogP contribution in [0.3, 0.4) is 0 Å². The van der Waals surface area contributed by atoms with Crippen LogP contribution in [-0.2, 0) is 6.54 Å². The van der Waals surface area contributed by atoms with Crippen molar-refractivity contribution in [3.05, 3.63) is 72.0 Å². The molecule has 2 aromatic rings. The molecule has 0 bridgehead atoms. The first-order valence-corrected chi connectivity index (χ1v) is 13.8. The van der Waals surface area contributed by atoms with Crippen molar-refractivity contribution in [3.63, 3.8) is 0 Å². The van der Waals surface area contributed by atoms with Gasteiger partial charge in [-0.2, -0.15) is 5.10 Å². The Hall–Kier alpha value is -2.22. The number of aromatic nitrogens is 2. The van der Waals surface area contributed by atoms with E-state index >= 15 is 0 Å². The van der Waals surface area contributed by atoms with Crippen LogP contribution in [0.1, 0.15) is 70.3 Å². The molecule has 1 heterocycles. The summed E-state index contributed by atoms with van der Waals surface area (Å²) in [6.07, 6.45) is 20.6. The molecule has 0 spiro atoms. The second kappa shape index (κ2) is 11.8. The predicted molar refractivity (Wildman–Crippen MR) is 143 cm³/mol. The Kier molecular flexibility index (Phi) is 8.53. The minimum atomic E-state index is 0.731. The molecule has 3 heteroatoms. The minimum absolute atomic E-state index is 0.731. The van der Waals surface area contributed by atoms with E-state index in [4.69, 9.17) is 5.10 Å². The molecule has 2 aliphatic carbocycles. The van der Waals surface area contributed by atoms with E-state index in [0.29, 0.717) is 0 Å². The van der Waals surface area contributed by atoms with Crippen LogP contribution in [-0.4, -0.2) is 16.0 Å². The van der Waals surface area contributed by atoms with Crippen molar-refractivity contribution in [1.29, 1.82) is 0 Å². The average molecular weight is 459 g/mol. The molecule has 0 unspecified atom stereocenters. The molecule has 0 saturated heterocycles. The maximum Gasteiger partial charge on any atom is 0.102 e. The van der Waals surface area contributed by atoms with Gasteiger partial charge in [0.2, 0.25) is 0 Å². The van der Waals surface area contributed by atoms with E-state index in [2.05, 4.69) is 78.7 Å². The Morgan fingerprint density at radius 3 is 2.55 bits per heavy atom. The third-order valence-electron chi connectivity index (χ3n) is 7.29. The van der Waals surface area contributed by atoms with E-state index in [1.807, 2.05) is 11.8 Å². The van der Waals surface area contributed by atoms with Gasteiger partial charge in [-0.25, -0.2) is 0 Å². The lowest BCUT2D eigenvalue weighted by Gasteiger charge is -2.29. The van der Waals surface area contributed by atoms with Gasteiger partial charge in [0.25, 0.3) is 0 Å². The smallest absolute Gasteiger partial charge is 0.102 e. The van der Waals surface area contributed by atoms with Crippen molar-refractivity contribution >= 4 is 17.3 Å². The summed E-state index contributed by atoms with van der Waals surface area (Å²) in [4.78, 5) is 0. The van der Waals surface area contributed by atoms with Crippen LogP contribution in [0.2, 0.25) is 0 Å². The van der Waals surface area contributed by atoms with Gasteiger partial charge in [0.05, 0.1) is 0 Å². The SMILES string of the molecule is C=C=C(C)CCCC1CCC(Cn2nc(-c3ccccc3)c(C3=CCCC=C3)c2SC)CC1. The number of hydrogen-bond donors (Lipinski definition) is 0. The highest BCUT2D eigenvalue weighted by Gasteiger charge is 2.26. The first-order chi connectivity index (χ1) is 16.2. The molecule has 4 rings (SSSR count). The van der Waals surface area contributed by atoms with E-state index in [1.165, 1.54) is 65.8 Å². The summed E-state index contributed by atoms with van der Waals surface area (Å²) in [5, 5.41) is 6.54. The van der Waals surface area contributed by atoms with Crippen LogP contribution in [0, 0.1) is 11.8 Å². The summed E-state index contributed by atoms with van der Waals surface area (Å²) in [6.45, 7) is 6.95. The molecule has 2 aliphatic rings. The molecule has 0 amide bonds. The van der Waals surface area contributed by atoms with E-state index in [-0.39, 0.29) is 0 Å². The normalized spacial score (nSPS) is 20.4. The highest BCUT2D eigenvalue weighted by atomic mass is 32.2. The largest absolute Gasteiger partial charge is 0.258 e. The molecular weight excluding hydrogens is 420 g/mol. The first kappa shape index (κ1) is 23.9. The molecule has 0 atom stereocenters.